The predicted molar refractivity (Wildman–Crippen MR) is 263 cm³/mol. The highest BCUT2D eigenvalue weighted by molar-refractivity contribution is 6.21. The van der Waals surface area contributed by atoms with Gasteiger partial charge in [-0.1, -0.05) is 156 Å². The average molecular weight is 865 g/mol. The zero-order chi connectivity index (χ0) is 47.3. The van der Waals surface area contributed by atoms with Gasteiger partial charge in [0.1, 0.15) is 19.0 Å². The number of carbonyl (C=O) groups excluding carboxylic acids is 4. The molecule has 0 spiro atoms. The van der Waals surface area contributed by atoms with Crippen LogP contribution in [-0.4, -0.2) is 48.5 Å². The first-order valence-electron chi connectivity index (χ1n) is 21.0. The number of Topliss-reactive ketones (excluding diaryl/α,β-unsaturated/α-hetero) is 2. The number of imide groups is 1. The van der Waals surface area contributed by atoms with E-state index in [1.807, 2.05) is 97.1 Å². The number of amides is 2. The van der Waals surface area contributed by atoms with Gasteiger partial charge in [-0.05, 0) is 99.8 Å². The van der Waals surface area contributed by atoms with Crippen molar-refractivity contribution in [3.05, 3.63) is 220 Å². The van der Waals surface area contributed by atoms with Gasteiger partial charge in [0.25, 0.3) is 11.8 Å². The minimum Gasteiger partial charge on any atom is -0.483 e. The molecule has 0 aromatic heterocycles. The molecule has 0 atom stereocenters. The third-order valence-corrected chi connectivity index (χ3v) is 9.45. The van der Waals surface area contributed by atoms with Crippen molar-refractivity contribution in [2.24, 2.45) is 0 Å². The summed E-state index contributed by atoms with van der Waals surface area (Å²) in [7, 11) is 1.46. The SMILES string of the molecule is C#Cc1ccc2c(c1)C(=O)N(C)C2=O.C1O/C1=C1\CO1.CC(=O)c1ccc2cc(C)ccc2c1.CC(C)=O.Cc1ccc(-c2ccc(N)cc2)cc1.Cc1ccccc1.c1ccccc1. The Morgan fingerprint density at radius 2 is 0.985 bits per heavy atom. The summed E-state index contributed by atoms with van der Waals surface area (Å²) in [5.74, 6) is 4.28. The molecule has 3 aliphatic heterocycles. The number of carbonyl (C=O) groups is 4. The molecule has 330 valence electrons. The second-order valence-corrected chi connectivity index (χ2v) is 15.3. The number of benzene rings is 7. The van der Waals surface area contributed by atoms with Gasteiger partial charge in [-0.3, -0.25) is 19.3 Å². The number of hydrogen-bond acceptors (Lipinski definition) is 7. The molecular weight excluding hydrogens is 809 g/mol. The number of hydrogen-bond donors (Lipinski definition) is 1. The summed E-state index contributed by atoms with van der Waals surface area (Å²) < 4.78 is 9.57. The molecule has 0 saturated carbocycles. The largest absolute Gasteiger partial charge is 0.483 e. The van der Waals surface area contributed by atoms with E-state index >= 15 is 0 Å². The Kier molecular flexibility index (Phi) is 19.2. The van der Waals surface area contributed by atoms with Gasteiger partial charge in [0, 0.05) is 23.9 Å². The van der Waals surface area contributed by atoms with Crippen molar-refractivity contribution in [1.29, 1.82) is 0 Å². The number of anilines is 1. The van der Waals surface area contributed by atoms with Crippen LogP contribution in [0.15, 0.2) is 181 Å². The molecule has 7 aromatic rings. The van der Waals surface area contributed by atoms with Crippen LogP contribution in [0.1, 0.15) is 74.1 Å². The van der Waals surface area contributed by atoms with Crippen LogP contribution in [0, 0.1) is 33.1 Å². The summed E-state index contributed by atoms with van der Waals surface area (Å²) in [5, 5.41) is 2.32. The monoisotopic (exact) mass is 864 g/mol. The fourth-order valence-corrected chi connectivity index (χ4v) is 5.77. The van der Waals surface area contributed by atoms with E-state index in [1.54, 1.807) is 25.1 Å². The molecule has 0 aliphatic carbocycles. The number of fused-ring (bicyclic) bond motifs is 2. The van der Waals surface area contributed by atoms with Crippen molar-refractivity contribution < 1.29 is 28.7 Å². The van der Waals surface area contributed by atoms with E-state index in [-0.39, 0.29) is 23.4 Å². The van der Waals surface area contributed by atoms with Crippen molar-refractivity contribution in [2.75, 3.05) is 26.0 Å². The number of ether oxygens (including phenoxy) is 2. The van der Waals surface area contributed by atoms with Gasteiger partial charge in [-0.25, -0.2) is 0 Å². The van der Waals surface area contributed by atoms with E-state index in [0.29, 0.717) is 16.7 Å². The van der Waals surface area contributed by atoms with Crippen LogP contribution in [0.5, 0.6) is 0 Å². The third-order valence-electron chi connectivity index (χ3n) is 9.45. The maximum Gasteiger partial charge on any atom is 0.261 e. The Morgan fingerprint density at radius 1 is 0.554 bits per heavy atom. The van der Waals surface area contributed by atoms with E-state index in [1.165, 1.54) is 54.1 Å². The number of nitrogens with two attached hydrogens (primary N) is 1. The normalized spacial score (nSPS) is 13.0. The maximum absolute atomic E-state index is 11.5. The highest BCUT2D eigenvalue weighted by atomic mass is 16.6. The smallest absolute Gasteiger partial charge is 0.261 e. The Balaban J connectivity index is 0.000000173. The standard InChI is InChI=1S/C13H13N.C13H12O.C11H7NO2.C7H8.C6H6.C4H4O2.C3H6O/c1-10-2-4-11(5-3-10)12-6-8-13(14)9-7-12;1-9-3-4-13-8-11(10(2)14)5-6-12(13)7-9;1-3-7-4-5-8-9(6-7)11(14)12(2)10(8)13;1-7-5-3-2-4-6-7;1-2-4-6-5-3-1;1-3(5-1)4-2-6-4;1-3(2)4/h2-9H,14H2,1H3;3-8H,1-2H3;1,4-6H,2H3;2-6H,1H3;1-6H;1-2H2;1-2H3/b;;;;;4-3+;. The minimum atomic E-state index is -0.290. The van der Waals surface area contributed by atoms with Crippen LogP contribution >= 0.6 is 0 Å². The molecule has 7 aromatic carbocycles. The van der Waals surface area contributed by atoms with E-state index in [4.69, 9.17) is 21.6 Å². The summed E-state index contributed by atoms with van der Waals surface area (Å²) in [6.07, 6.45) is 5.20. The summed E-state index contributed by atoms with van der Waals surface area (Å²) >= 11 is 0. The van der Waals surface area contributed by atoms with E-state index in [9.17, 15) is 19.2 Å². The molecule has 10 rings (SSSR count). The fourth-order valence-electron chi connectivity index (χ4n) is 5.77. The van der Waals surface area contributed by atoms with Crippen molar-refractivity contribution >= 4 is 39.8 Å². The van der Waals surface area contributed by atoms with Crippen molar-refractivity contribution in [2.45, 2.75) is 41.5 Å². The Labute approximate surface area is 383 Å². The molecule has 2 amide bonds. The summed E-state index contributed by atoms with van der Waals surface area (Å²) in [6, 6.07) is 55.6. The molecule has 8 heteroatoms. The molecule has 0 radical (unpaired) electrons. The zero-order valence-corrected chi connectivity index (χ0v) is 38.1. The maximum atomic E-state index is 11.5. The van der Waals surface area contributed by atoms with E-state index in [2.05, 4.69) is 81.3 Å². The molecule has 8 nitrogen and oxygen atoms in total. The summed E-state index contributed by atoms with van der Waals surface area (Å²) in [4.78, 5) is 44.7. The van der Waals surface area contributed by atoms with Crippen LogP contribution < -0.4 is 5.73 Å². The van der Waals surface area contributed by atoms with Gasteiger partial charge in [0.15, 0.2) is 17.3 Å². The topological polar surface area (TPSA) is 123 Å². The molecule has 2 saturated heterocycles. The summed E-state index contributed by atoms with van der Waals surface area (Å²) in [5.41, 5.74) is 14.9. The number of nitrogen functional groups attached to an aromatic ring is 1. The Morgan fingerprint density at radius 3 is 1.45 bits per heavy atom. The molecule has 2 N–H and O–H groups in total. The van der Waals surface area contributed by atoms with Crippen LogP contribution in [0.3, 0.4) is 0 Å². The lowest BCUT2D eigenvalue weighted by Crippen LogP contribution is -2.24. The van der Waals surface area contributed by atoms with Crippen LogP contribution in [0.2, 0.25) is 0 Å². The average Bonchev–Trinajstić information content (AvgIpc) is 4.25. The molecule has 0 bridgehead atoms. The highest BCUT2D eigenvalue weighted by Crippen LogP contribution is 2.28. The fraction of sp³-hybridized carbons (Fsp3) is 0.158. The van der Waals surface area contributed by atoms with E-state index in [0.717, 1.165) is 46.3 Å². The molecular formula is C57H56N2O6. The molecule has 65 heavy (non-hydrogen) atoms. The first kappa shape index (κ1) is 49.6. The van der Waals surface area contributed by atoms with Crippen molar-refractivity contribution in [3.8, 4) is 23.5 Å². The van der Waals surface area contributed by atoms with Gasteiger partial charge >= 0.3 is 0 Å². The van der Waals surface area contributed by atoms with Gasteiger partial charge in [-0.2, -0.15) is 0 Å². The Bertz CT molecular complexity index is 2650. The first-order chi connectivity index (χ1) is 31.2. The van der Waals surface area contributed by atoms with Gasteiger partial charge in [-0.15, -0.1) is 6.42 Å². The van der Waals surface area contributed by atoms with Crippen molar-refractivity contribution in [3.63, 3.8) is 0 Å². The van der Waals surface area contributed by atoms with Gasteiger partial charge < -0.3 is 20.0 Å². The number of terminal acetylenes is 1. The second kappa shape index (κ2) is 25.2. The van der Waals surface area contributed by atoms with Crippen LogP contribution in [0.4, 0.5) is 5.69 Å². The molecule has 3 heterocycles. The summed E-state index contributed by atoms with van der Waals surface area (Å²) in [6.45, 7) is 12.5. The number of ketones is 2. The number of aryl methyl sites for hydroxylation is 3. The molecule has 3 aliphatic rings. The van der Waals surface area contributed by atoms with E-state index < -0.39 is 0 Å². The molecule has 0 unspecified atom stereocenters. The quantitative estimate of drug-likeness (QED) is 0.0603. The second-order valence-electron chi connectivity index (χ2n) is 15.3. The lowest BCUT2D eigenvalue weighted by molar-refractivity contribution is -0.115. The zero-order valence-electron chi connectivity index (χ0n) is 38.1. The third kappa shape index (κ3) is 17.3. The van der Waals surface area contributed by atoms with Gasteiger partial charge in [0.2, 0.25) is 0 Å². The van der Waals surface area contributed by atoms with Crippen molar-refractivity contribution in [1.82, 2.24) is 4.90 Å². The first-order valence-corrected chi connectivity index (χ1v) is 21.0. The number of nitrogens with zero attached hydrogens (tertiary/aromatic N) is 1. The molecule has 2 fully saturated rings. The number of rotatable bonds is 2. The lowest BCUT2D eigenvalue weighted by Gasteiger charge is -2.02. The lowest BCUT2D eigenvalue weighted by atomic mass is 10.0. The van der Waals surface area contributed by atoms with Crippen LogP contribution in [0.25, 0.3) is 21.9 Å². The van der Waals surface area contributed by atoms with Gasteiger partial charge in [0.05, 0.1) is 11.1 Å². The minimum absolute atomic E-state index is 0.118. The Hall–Kier alpha value is -8.02. The highest BCUT2D eigenvalue weighted by Gasteiger charge is 2.32. The van der Waals surface area contributed by atoms with Crippen LogP contribution in [-0.2, 0) is 14.3 Å². The number of epoxide rings is 2. The predicted octanol–water partition coefficient (Wildman–Crippen LogP) is 12.0.